The van der Waals surface area contributed by atoms with Gasteiger partial charge in [-0.25, -0.2) is 17.8 Å². The molecular weight excluding hydrogens is 329 g/mol. The van der Waals surface area contributed by atoms with Crippen LogP contribution in [0.4, 0.5) is 21.6 Å². The van der Waals surface area contributed by atoms with Crippen LogP contribution < -0.4 is 10.0 Å². The molecule has 0 aliphatic rings. The molecule has 0 unspecified atom stereocenters. The first kappa shape index (κ1) is 15.9. The summed E-state index contributed by atoms with van der Waals surface area (Å²) in [6, 6.07) is 17.2. The number of halogens is 1. The number of anilines is 3. The van der Waals surface area contributed by atoms with E-state index in [0.717, 1.165) is 0 Å². The predicted molar refractivity (Wildman–Crippen MR) is 91.2 cm³/mol. The fraction of sp³-hybridized carbons (Fsp3) is 0. The van der Waals surface area contributed by atoms with Crippen molar-refractivity contribution in [1.82, 2.24) is 4.98 Å². The molecule has 0 fully saturated rings. The van der Waals surface area contributed by atoms with Crippen molar-refractivity contribution in [2.45, 2.75) is 4.90 Å². The van der Waals surface area contributed by atoms with Crippen LogP contribution in [0.3, 0.4) is 0 Å². The lowest BCUT2D eigenvalue weighted by Gasteiger charge is -2.09. The number of benzene rings is 2. The summed E-state index contributed by atoms with van der Waals surface area (Å²) < 4.78 is 40.0. The quantitative estimate of drug-likeness (QED) is 0.740. The Balaban J connectivity index is 1.73. The minimum atomic E-state index is -3.65. The average Bonchev–Trinajstić information content (AvgIpc) is 2.57. The maximum atomic E-state index is 13.1. The third-order valence-corrected chi connectivity index (χ3v) is 4.56. The summed E-state index contributed by atoms with van der Waals surface area (Å²) in [7, 11) is -3.65. The minimum absolute atomic E-state index is 0.173. The van der Waals surface area contributed by atoms with E-state index in [0.29, 0.717) is 17.2 Å². The van der Waals surface area contributed by atoms with E-state index in [-0.39, 0.29) is 10.7 Å². The molecule has 0 saturated heterocycles. The van der Waals surface area contributed by atoms with Crippen molar-refractivity contribution in [3.8, 4) is 0 Å². The maximum absolute atomic E-state index is 13.1. The summed E-state index contributed by atoms with van der Waals surface area (Å²) in [5, 5.41) is 2.94. The van der Waals surface area contributed by atoms with Gasteiger partial charge in [-0.3, -0.25) is 4.72 Å². The zero-order chi connectivity index (χ0) is 17.0. The Hall–Kier alpha value is -2.93. The van der Waals surface area contributed by atoms with E-state index in [1.807, 2.05) is 0 Å². The van der Waals surface area contributed by atoms with Crippen LogP contribution in [-0.2, 0) is 10.0 Å². The Morgan fingerprint density at radius 3 is 2.33 bits per heavy atom. The number of nitrogens with one attached hydrogen (secondary N) is 2. The van der Waals surface area contributed by atoms with Crippen LogP contribution in [0.2, 0.25) is 0 Å². The highest BCUT2D eigenvalue weighted by Crippen LogP contribution is 2.19. The largest absolute Gasteiger partial charge is 0.340 e. The van der Waals surface area contributed by atoms with Crippen LogP contribution in [0, 0.1) is 5.82 Å². The zero-order valence-electron chi connectivity index (χ0n) is 12.5. The van der Waals surface area contributed by atoms with Crippen molar-refractivity contribution in [2.75, 3.05) is 10.0 Å². The standard InChI is InChI=1S/C17H14FN3O2S/c18-13-5-4-6-14(11-13)20-17-10-9-15(12-19-17)21-24(22,23)16-7-2-1-3-8-16/h1-12,21H,(H,19,20). The molecule has 0 aliphatic heterocycles. The molecule has 3 rings (SSSR count). The van der Waals surface area contributed by atoms with Gasteiger partial charge in [-0.1, -0.05) is 24.3 Å². The Bertz CT molecular complexity index is 930. The summed E-state index contributed by atoms with van der Waals surface area (Å²) >= 11 is 0. The molecular formula is C17H14FN3O2S. The Morgan fingerprint density at radius 1 is 0.875 bits per heavy atom. The second kappa shape index (κ2) is 6.67. The number of aromatic nitrogens is 1. The molecule has 0 radical (unpaired) electrons. The molecule has 0 atom stereocenters. The summed E-state index contributed by atoms with van der Waals surface area (Å²) in [5.41, 5.74) is 0.892. The molecule has 0 saturated carbocycles. The van der Waals surface area contributed by atoms with Crippen molar-refractivity contribution in [2.24, 2.45) is 0 Å². The summed E-state index contributed by atoms with van der Waals surface area (Å²) in [4.78, 5) is 4.29. The van der Waals surface area contributed by atoms with Crippen molar-refractivity contribution < 1.29 is 12.8 Å². The third-order valence-electron chi connectivity index (χ3n) is 3.17. The van der Waals surface area contributed by atoms with Gasteiger partial charge in [0.25, 0.3) is 10.0 Å². The number of hydrogen-bond donors (Lipinski definition) is 2. The van der Waals surface area contributed by atoms with E-state index in [1.54, 1.807) is 42.5 Å². The second-order valence-corrected chi connectivity index (χ2v) is 6.67. The lowest BCUT2D eigenvalue weighted by Crippen LogP contribution is -2.13. The normalized spacial score (nSPS) is 11.0. The topological polar surface area (TPSA) is 71.1 Å². The molecule has 1 heterocycles. The molecule has 1 aromatic heterocycles. The number of hydrogen-bond acceptors (Lipinski definition) is 4. The van der Waals surface area contributed by atoms with Gasteiger partial charge in [0, 0.05) is 5.69 Å². The van der Waals surface area contributed by atoms with E-state index >= 15 is 0 Å². The highest BCUT2D eigenvalue weighted by molar-refractivity contribution is 7.92. The van der Waals surface area contributed by atoms with Crippen LogP contribution >= 0.6 is 0 Å². The van der Waals surface area contributed by atoms with Gasteiger partial charge < -0.3 is 5.32 Å². The molecule has 0 aliphatic carbocycles. The highest BCUT2D eigenvalue weighted by atomic mass is 32.2. The van der Waals surface area contributed by atoms with E-state index in [9.17, 15) is 12.8 Å². The van der Waals surface area contributed by atoms with Gasteiger partial charge in [0.1, 0.15) is 11.6 Å². The molecule has 24 heavy (non-hydrogen) atoms. The lowest BCUT2D eigenvalue weighted by molar-refractivity contribution is 0.601. The average molecular weight is 343 g/mol. The van der Waals surface area contributed by atoms with Gasteiger partial charge in [-0.2, -0.15) is 0 Å². The molecule has 3 aromatic rings. The summed E-state index contributed by atoms with van der Waals surface area (Å²) in [6.45, 7) is 0. The van der Waals surface area contributed by atoms with Crippen molar-refractivity contribution in [1.29, 1.82) is 0 Å². The van der Waals surface area contributed by atoms with E-state index in [2.05, 4.69) is 15.0 Å². The van der Waals surface area contributed by atoms with Crippen LogP contribution in [0.15, 0.2) is 77.8 Å². The monoisotopic (exact) mass is 343 g/mol. The summed E-state index contributed by atoms with van der Waals surface area (Å²) in [6.07, 6.45) is 1.39. The highest BCUT2D eigenvalue weighted by Gasteiger charge is 2.13. The smallest absolute Gasteiger partial charge is 0.261 e. The van der Waals surface area contributed by atoms with E-state index in [4.69, 9.17) is 0 Å². The van der Waals surface area contributed by atoms with Crippen molar-refractivity contribution >= 4 is 27.2 Å². The van der Waals surface area contributed by atoms with E-state index in [1.165, 1.54) is 30.5 Å². The number of sulfonamides is 1. The minimum Gasteiger partial charge on any atom is -0.340 e. The van der Waals surface area contributed by atoms with Crippen LogP contribution in [0.25, 0.3) is 0 Å². The Labute approximate surface area is 139 Å². The first-order valence-corrected chi connectivity index (χ1v) is 8.58. The number of nitrogens with zero attached hydrogens (tertiary/aromatic N) is 1. The number of rotatable bonds is 5. The molecule has 2 N–H and O–H groups in total. The van der Waals surface area contributed by atoms with Crippen LogP contribution in [-0.4, -0.2) is 13.4 Å². The van der Waals surface area contributed by atoms with Gasteiger partial charge in [0.2, 0.25) is 0 Å². The second-order valence-electron chi connectivity index (χ2n) is 4.99. The SMILES string of the molecule is O=S(=O)(Nc1ccc(Nc2cccc(F)c2)nc1)c1ccccc1. The molecule has 122 valence electrons. The van der Waals surface area contributed by atoms with Gasteiger partial charge >= 0.3 is 0 Å². The van der Waals surface area contributed by atoms with Crippen LogP contribution in [0.1, 0.15) is 0 Å². The summed E-state index contributed by atoms with van der Waals surface area (Å²) in [5.74, 6) is 0.121. The fourth-order valence-electron chi connectivity index (χ4n) is 2.06. The Kier molecular flexibility index (Phi) is 4.43. The third kappa shape index (κ3) is 3.88. The van der Waals surface area contributed by atoms with Gasteiger partial charge in [0.05, 0.1) is 16.8 Å². The lowest BCUT2D eigenvalue weighted by atomic mass is 10.3. The van der Waals surface area contributed by atoms with Crippen molar-refractivity contribution in [3.63, 3.8) is 0 Å². The van der Waals surface area contributed by atoms with Gasteiger partial charge in [-0.15, -0.1) is 0 Å². The molecule has 0 bridgehead atoms. The first-order valence-electron chi connectivity index (χ1n) is 7.09. The molecule has 0 amide bonds. The molecule has 7 heteroatoms. The molecule has 0 spiro atoms. The zero-order valence-corrected chi connectivity index (χ0v) is 13.3. The number of pyridine rings is 1. The maximum Gasteiger partial charge on any atom is 0.261 e. The van der Waals surface area contributed by atoms with E-state index < -0.39 is 10.0 Å². The van der Waals surface area contributed by atoms with Gasteiger partial charge in [-0.05, 0) is 42.5 Å². The molecule has 5 nitrogen and oxygen atoms in total. The molecule has 2 aromatic carbocycles. The Morgan fingerprint density at radius 2 is 1.67 bits per heavy atom. The van der Waals surface area contributed by atoms with Crippen molar-refractivity contribution in [3.05, 3.63) is 78.7 Å². The van der Waals surface area contributed by atoms with Crippen LogP contribution in [0.5, 0.6) is 0 Å². The predicted octanol–water partition coefficient (Wildman–Crippen LogP) is 3.77. The fourth-order valence-corrected chi connectivity index (χ4v) is 3.12. The first-order chi connectivity index (χ1) is 11.5. The van der Waals surface area contributed by atoms with Gasteiger partial charge in [0.15, 0.2) is 0 Å².